The second-order valence-electron chi connectivity index (χ2n) is 6.93. The SMILES string of the molecule is CCC1C[C@H](C(=O)N(C)CC2CCN(C)C2)[C@H](C(=O)O)C1. The monoisotopic (exact) mass is 296 g/mol. The Balaban J connectivity index is 1.95. The van der Waals surface area contributed by atoms with Crippen LogP contribution in [0, 0.1) is 23.7 Å². The molecule has 5 nitrogen and oxygen atoms in total. The molecule has 4 atom stereocenters. The van der Waals surface area contributed by atoms with Gasteiger partial charge < -0.3 is 14.9 Å². The van der Waals surface area contributed by atoms with Crippen LogP contribution in [-0.4, -0.2) is 60.5 Å². The average molecular weight is 296 g/mol. The summed E-state index contributed by atoms with van der Waals surface area (Å²) in [5.41, 5.74) is 0. The predicted octanol–water partition coefficient (Wildman–Crippen LogP) is 1.53. The molecule has 2 aliphatic rings. The topological polar surface area (TPSA) is 60.9 Å². The van der Waals surface area contributed by atoms with Crippen molar-refractivity contribution in [3.63, 3.8) is 0 Å². The Morgan fingerprint density at radius 3 is 2.43 bits per heavy atom. The van der Waals surface area contributed by atoms with E-state index in [1.165, 1.54) is 0 Å². The lowest BCUT2D eigenvalue weighted by Gasteiger charge is -2.26. The van der Waals surface area contributed by atoms with Gasteiger partial charge in [-0.2, -0.15) is 0 Å². The number of carbonyl (C=O) groups excluding carboxylic acids is 1. The maximum Gasteiger partial charge on any atom is 0.307 e. The van der Waals surface area contributed by atoms with Gasteiger partial charge in [-0.05, 0) is 44.7 Å². The first kappa shape index (κ1) is 16.3. The van der Waals surface area contributed by atoms with Crippen LogP contribution in [0.1, 0.15) is 32.6 Å². The molecule has 1 aliphatic heterocycles. The maximum atomic E-state index is 12.6. The molecular weight excluding hydrogens is 268 g/mol. The zero-order chi connectivity index (χ0) is 15.6. The molecule has 1 N–H and O–H groups in total. The average Bonchev–Trinajstić information content (AvgIpc) is 3.04. The number of nitrogens with zero attached hydrogens (tertiary/aromatic N) is 2. The Hall–Kier alpha value is -1.10. The molecule has 1 heterocycles. The first-order valence-corrected chi connectivity index (χ1v) is 8.08. The summed E-state index contributed by atoms with van der Waals surface area (Å²) >= 11 is 0. The minimum Gasteiger partial charge on any atom is -0.481 e. The van der Waals surface area contributed by atoms with Crippen LogP contribution in [0.3, 0.4) is 0 Å². The Morgan fingerprint density at radius 1 is 1.24 bits per heavy atom. The van der Waals surface area contributed by atoms with Gasteiger partial charge in [0.05, 0.1) is 11.8 Å². The van der Waals surface area contributed by atoms with Crippen molar-refractivity contribution in [1.29, 1.82) is 0 Å². The van der Waals surface area contributed by atoms with Gasteiger partial charge in [0.25, 0.3) is 0 Å². The van der Waals surface area contributed by atoms with E-state index in [1.54, 1.807) is 4.90 Å². The molecule has 0 aromatic rings. The molecule has 0 aromatic heterocycles. The molecule has 120 valence electrons. The van der Waals surface area contributed by atoms with E-state index in [-0.39, 0.29) is 11.8 Å². The minimum atomic E-state index is -0.807. The summed E-state index contributed by atoms with van der Waals surface area (Å²) in [5, 5.41) is 9.37. The van der Waals surface area contributed by atoms with E-state index in [4.69, 9.17) is 0 Å². The van der Waals surface area contributed by atoms with Crippen molar-refractivity contribution in [3.05, 3.63) is 0 Å². The Morgan fingerprint density at radius 2 is 1.90 bits per heavy atom. The van der Waals surface area contributed by atoms with Crippen molar-refractivity contribution in [1.82, 2.24) is 9.80 Å². The number of hydrogen-bond acceptors (Lipinski definition) is 3. The second-order valence-corrected chi connectivity index (χ2v) is 6.93. The van der Waals surface area contributed by atoms with E-state index in [0.717, 1.165) is 38.9 Å². The lowest BCUT2D eigenvalue weighted by Crippen LogP contribution is -2.39. The van der Waals surface area contributed by atoms with Crippen LogP contribution in [0.5, 0.6) is 0 Å². The molecule has 2 unspecified atom stereocenters. The molecule has 1 saturated carbocycles. The minimum absolute atomic E-state index is 0.0351. The summed E-state index contributed by atoms with van der Waals surface area (Å²) in [6.07, 6.45) is 3.48. The Kier molecular flexibility index (Phi) is 5.25. The smallest absolute Gasteiger partial charge is 0.307 e. The van der Waals surface area contributed by atoms with E-state index in [1.807, 2.05) is 7.05 Å². The fourth-order valence-corrected chi connectivity index (χ4v) is 3.96. The Labute approximate surface area is 127 Å². The van der Waals surface area contributed by atoms with Gasteiger partial charge in [-0.1, -0.05) is 13.3 Å². The van der Waals surface area contributed by atoms with E-state index in [2.05, 4.69) is 18.9 Å². The molecule has 2 fully saturated rings. The summed E-state index contributed by atoms with van der Waals surface area (Å²) in [7, 11) is 3.93. The normalized spacial score (nSPS) is 33.3. The molecule has 1 amide bonds. The third kappa shape index (κ3) is 3.76. The third-order valence-corrected chi connectivity index (χ3v) is 5.27. The highest BCUT2D eigenvalue weighted by Crippen LogP contribution is 2.39. The third-order valence-electron chi connectivity index (χ3n) is 5.27. The van der Waals surface area contributed by atoms with E-state index in [0.29, 0.717) is 18.3 Å². The largest absolute Gasteiger partial charge is 0.481 e. The van der Waals surface area contributed by atoms with Crippen LogP contribution >= 0.6 is 0 Å². The summed E-state index contributed by atoms with van der Waals surface area (Å²) in [6, 6.07) is 0. The number of amides is 1. The molecule has 0 radical (unpaired) electrons. The van der Waals surface area contributed by atoms with E-state index in [9.17, 15) is 14.7 Å². The van der Waals surface area contributed by atoms with Crippen molar-refractivity contribution < 1.29 is 14.7 Å². The summed E-state index contributed by atoms with van der Waals surface area (Å²) in [6.45, 7) is 4.95. The number of carbonyl (C=O) groups is 2. The summed E-state index contributed by atoms with van der Waals surface area (Å²) < 4.78 is 0. The number of hydrogen-bond donors (Lipinski definition) is 1. The van der Waals surface area contributed by atoms with Crippen LogP contribution in [0.2, 0.25) is 0 Å². The maximum absolute atomic E-state index is 12.6. The van der Waals surface area contributed by atoms with Crippen molar-refractivity contribution >= 4 is 11.9 Å². The van der Waals surface area contributed by atoms with E-state index < -0.39 is 11.9 Å². The van der Waals surface area contributed by atoms with Crippen LogP contribution in [-0.2, 0) is 9.59 Å². The lowest BCUT2D eigenvalue weighted by atomic mass is 9.94. The standard InChI is InChI=1S/C16H28N2O3/c1-4-11-7-13(14(8-11)16(20)21)15(19)18(3)10-12-5-6-17(2)9-12/h11-14H,4-10H2,1-3H3,(H,20,21)/t11?,12?,13-,14+/m0/s1. The number of carboxylic acids is 1. The molecule has 0 aromatic carbocycles. The molecule has 0 spiro atoms. The number of rotatable bonds is 5. The predicted molar refractivity (Wildman–Crippen MR) is 80.9 cm³/mol. The fourth-order valence-electron chi connectivity index (χ4n) is 3.96. The van der Waals surface area contributed by atoms with Crippen molar-refractivity contribution in [2.75, 3.05) is 33.7 Å². The Bertz CT molecular complexity index is 399. The van der Waals surface area contributed by atoms with Gasteiger partial charge in [0.1, 0.15) is 0 Å². The van der Waals surface area contributed by atoms with Gasteiger partial charge in [0.15, 0.2) is 0 Å². The molecule has 1 saturated heterocycles. The molecule has 21 heavy (non-hydrogen) atoms. The fraction of sp³-hybridized carbons (Fsp3) is 0.875. The first-order valence-electron chi connectivity index (χ1n) is 8.08. The highest BCUT2D eigenvalue weighted by atomic mass is 16.4. The van der Waals surface area contributed by atoms with Gasteiger partial charge in [-0.15, -0.1) is 0 Å². The number of likely N-dealkylation sites (tertiary alicyclic amines) is 1. The van der Waals surface area contributed by atoms with Gasteiger partial charge in [0.2, 0.25) is 5.91 Å². The first-order chi connectivity index (χ1) is 9.92. The lowest BCUT2D eigenvalue weighted by molar-refractivity contribution is -0.148. The van der Waals surface area contributed by atoms with Crippen LogP contribution < -0.4 is 0 Å². The van der Waals surface area contributed by atoms with Crippen LogP contribution in [0.25, 0.3) is 0 Å². The summed E-state index contributed by atoms with van der Waals surface area (Å²) in [4.78, 5) is 28.1. The molecular formula is C16H28N2O3. The molecule has 5 heteroatoms. The van der Waals surface area contributed by atoms with Crippen molar-refractivity contribution in [2.45, 2.75) is 32.6 Å². The number of carboxylic acid groups (broad SMARTS) is 1. The van der Waals surface area contributed by atoms with Gasteiger partial charge in [0, 0.05) is 20.1 Å². The quantitative estimate of drug-likeness (QED) is 0.836. The highest BCUT2D eigenvalue weighted by Gasteiger charge is 2.43. The van der Waals surface area contributed by atoms with E-state index >= 15 is 0 Å². The van der Waals surface area contributed by atoms with Crippen LogP contribution in [0.4, 0.5) is 0 Å². The van der Waals surface area contributed by atoms with Crippen molar-refractivity contribution in [2.24, 2.45) is 23.7 Å². The zero-order valence-corrected chi connectivity index (χ0v) is 13.4. The molecule has 0 bridgehead atoms. The zero-order valence-electron chi connectivity index (χ0n) is 13.4. The number of aliphatic carboxylic acids is 1. The highest BCUT2D eigenvalue weighted by molar-refractivity contribution is 5.85. The van der Waals surface area contributed by atoms with Gasteiger partial charge in [-0.3, -0.25) is 9.59 Å². The van der Waals surface area contributed by atoms with Gasteiger partial charge in [-0.25, -0.2) is 0 Å². The molecule has 1 aliphatic carbocycles. The molecule has 2 rings (SSSR count). The summed E-state index contributed by atoms with van der Waals surface area (Å²) in [5.74, 6) is -0.680. The van der Waals surface area contributed by atoms with Crippen molar-refractivity contribution in [3.8, 4) is 0 Å². The van der Waals surface area contributed by atoms with Crippen LogP contribution in [0.15, 0.2) is 0 Å². The van der Waals surface area contributed by atoms with Gasteiger partial charge >= 0.3 is 5.97 Å². The second kappa shape index (κ2) is 6.77.